The zero-order valence-electron chi connectivity index (χ0n) is 8.01. The first-order valence-corrected chi connectivity index (χ1v) is 5.07. The van der Waals surface area contributed by atoms with Gasteiger partial charge in [-0.1, -0.05) is 19.3 Å². The predicted octanol–water partition coefficient (Wildman–Crippen LogP) is 0.577. The molecule has 1 saturated carbocycles. The number of nitrogens with two attached hydrogens (primary N) is 1. The molecule has 0 bridgehead atoms. The third-order valence-corrected chi connectivity index (χ3v) is 2.37. The van der Waals surface area contributed by atoms with Gasteiger partial charge in [-0.2, -0.15) is 0 Å². The molecule has 4 heteroatoms. The Kier molecular flexibility index (Phi) is 4.60. The zero-order chi connectivity index (χ0) is 9.52. The number of urea groups is 1. The van der Waals surface area contributed by atoms with Crippen molar-refractivity contribution in [1.29, 1.82) is 0 Å². The molecule has 13 heavy (non-hydrogen) atoms. The molecule has 0 saturated heterocycles. The number of hydrogen-bond donors (Lipinski definition) is 3. The Morgan fingerprint density at radius 3 is 2.62 bits per heavy atom. The van der Waals surface area contributed by atoms with Crippen molar-refractivity contribution in [2.75, 3.05) is 13.1 Å². The Morgan fingerprint density at radius 1 is 1.31 bits per heavy atom. The van der Waals surface area contributed by atoms with E-state index in [-0.39, 0.29) is 6.03 Å². The highest BCUT2D eigenvalue weighted by Crippen LogP contribution is 2.16. The molecule has 1 fully saturated rings. The normalized spacial score (nSPS) is 18.2. The van der Waals surface area contributed by atoms with Gasteiger partial charge in [0, 0.05) is 19.1 Å². The lowest BCUT2D eigenvalue weighted by Crippen LogP contribution is -2.44. The van der Waals surface area contributed by atoms with Gasteiger partial charge in [0.05, 0.1) is 0 Å². The molecular formula is C9H19N3O. The lowest BCUT2D eigenvalue weighted by molar-refractivity contribution is 0.233. The van der Waals surface area contributed by atoms with Crippen molar-refractivity contribution in [2.45, 2.75) is 38.1 Å². The van der Waals surface area contributed by atoms with Crippen LogP contribution < -0.4 is 16.4 Å². The van der Waals surface area contributed by atoms with Gasteiger partial charge in [0.25, 0.3) is 0 Å². The van der Waals surface area contributed by atoms with Crippen LogP contribution in [-0.2, 0) is 0 Å². The second-order valence-electron chi connectivity index (χ2n) is 3.52. The van der Waals surface area contributed by atoms with Crippen molar-refractivity contribution >= 4 is 6.03 Å². The van der Waals surface area contributed by atoms with Gasteiger partial charge in [-0.3, -0.25) is 0 Å². The molecule has 76 valence electrons. The molecule has 1 aliphatic rings. The van der Waals surface area contributed by atoms with E-state index in [9.17, 15) is 4.79 Å². The first-order chi connectivity index (χ1) is 6.33. The predicted molar refractivity (Wildman–Crippen MR) is 52.5 cm³/mol. The molecule has 4 nitrogen and oxygen atoms in total. The molecule has 0 aromatic heterocycles. The Bertz CT molecular complexity index is 155. The smallest absolute Gasteiger partial charge is 0.315 e. The second kappa shape index (κ2) is 5.80. The van der Waals surface area contributed by atoms with E-state index in [0.29, 0.717) is 19.1 Å². The average Bonchev–Trinajstić information content (AvgIpc) is 2.16. The summed E-state index contributed by atoms with van der Waals surface area (Å²) in [5.41, 5.74) is 5.27. The molecule has 4 N–H and O–H groups in total. The van der Waals surface area contributed by atoms with Crippen LogP contribution in [0.2, 0.25) is 0 Å². The Morgan fingerprint density at radius 2 is 2.00 bits per heavy atom. The van der Waals surface area contributed by atoms with Gasteiger partial charge < -0.3 is 16.4 Å². The summed E-state index contributed by atoms with van der Waals surface area (Å²) < 4.78 is 0. The van der Waals surface area contributed by atoms with Crippen LogP contribution in [0.1, 0.15) is 32.1 Å². The van der Waals surface area contributed by atoms with Crippen LogP contribution >= 0.6 is 0 Å². The fraction of sp³-hybridized carbons (Fsp3) is 0.889. The van der Waals surface area contributed by atoms with Crippen LogP contribution in [0.5, 0.6) is 0 Å². The number of carbonyl (C=O) groups excluding carboxylic acids is 1. The van der Waals surface area contributed by atoms with E-state index in [4.69, 9.17) is 5.73 Å². The SMILES string of the molecule is NCCNC(=O)NC1CCCCC1. The van der Waals surface area contributed by atoms with E-state index in [1.807, 2.05) is 0 Å². The minimum absolute atomic E-state index is 0.0719. The third kappa shape index (κ3) is 4.12. The largest absolute Gasteiger partial charge is 0.337 e. The van der Waals surface area contributed by atoms with Gasteiger partial charge >= 0.3 is 6.03 Å². The van der Waals surface area contributed by atoms with E-state index in [0.717, 1.165) is 12.8 Å². The summed E-state index contributed by atoms with van der Waals surface area (Å²) in [7, 11) is 0. The lowest BCUT2D eigenvalue weighted by Gasteiger charge is -2.22. The molecule has 0 aliphatic heterocycles. The molecule has 2 amide bonds. The highest BCUT2D eigenvalue weighted by atomic mass is 16.2. The zero-order valence-corrected chi connectivity index (χ0v) is 8.01. The van der Waals surface area contributed by atoms with Gasteiger partial charge in [0.15, 0.2) is 0 Å². The number of hydrogen-bond acceptors (Lipinski definition) is 2. The van der Waals surface area contributed by atoms with Crippen LogP contribution in [0, 0.1) is 0 Å². The van der Waals surface area contributed by atoms with E-state index in [2.05, 4.69) is 10.6 Å². The maximum atomic E-state index is 11.2. The van der Waals surface area contributed by atoms with E-state index < -0.39 is 0 Å². The van der Waals surface area contributed by atoms with Crippen molar-refractivity contribution in [2.24, 2.45) is 5.73 Å². The topological polar surface area (TPSA) is 67.1 Å². The number of carbonyl (C=O) groups is 1. The summed E-state index contributed by atoms with van der Waals surface area (Å²) in [6.45, 7) is 1.05. The molecule has 0 atom stereocenters. The molecular weight excluding hydrogens is 166 g/mol. The molecule has 0 heterocycles. The van der Waals surface area contributed by atoms with Crippen molar-refractivity contribution in [3.05, 3.63) is 0 Å². The molecule has 0 radical (unpaired) electrons. The fourth-order valence-corrected chi connectivity index (χ4v) is 1.67. The van der Waals surface area contributed by atoms with E-state index in [1.54, 1.807) is 0 Å². The highest BCUT2D eigenvalue weighted by molar-refractivity contribution is 5.74. The molecule has 0 unspecified atom stereocenters. The summed E-state index contributed by atoms with van der Waals surface area (Å²) in [5, 5.41) is 5.65. The Labute approximate surface area is 79.3 Å². The molecule has 1 aliphatic carbocycles. The highest BCUT2D eigenvalue weighted by Gasteiger charge is 2.14. The maximum absolute atomic E-state index is 11.2. The third-order valence-electron chi connectivity index (χ3n) is 2.37. The van der Waals surface area contributed by atoms with E-state index >= 15 is 0 Å². The Balaban J connectivity index is 2.11. The summed E-state index contributed by atoms with van der Waals surface area (Å²) in [6.07, 6.45) is 6.03. The minimum Gasteiger partial charge on any atom is -0.337 e. The van der Waals surface area contributed by atoms with Crippen LogP contribution in [0.15, 0.2) is 0 Å². The number of amides is 2. The van der Waals surface area contributed by atoms with Gasteiger partial charge in [0.1, 0.15) is 0 Å². The second-order valence-corrected chi connectivity index (χ2v) is 3.52. The number of rotatable bonds is 3. The average molecular weight is 185 g/mol. The van der Waals surface area contributed by atoms with Crippen molar-refractivity contribution < 1.29 is 4.79 Å². The lowest BCUT2D eigenvalue weighted by atomic mass is 9.96. The summed E-state index contributed by atoms with van der Waals surface area (Å²) >= 11 is 0. The van der Waals surface area contributed by atoms with Crippen LogP contribution in [-0.4, -0.2) is 25.2 Å². The monoisotopic (exact) mass is 185 g/mol. The first kappa shape index (κ1) is 10.3. The van der Waals surface area contributed by atoms with Gasteiger partial charge in [-0.15, -0.1) is 0 Å². The van der Waals surface area contributed by atoms with Crippen molar-refractivity contribution in [3.8, 4) is 0 Å². The summed E-state index contributed by atoms with van der Waals surface area (Å²) in [4.78, 5) is 11.2. The van der Waals surface area contributed by atoms with Gasteiger partial charge in [-0.25, -0.2) is 4.79 Å². The molecule has 0 aromatic rings. The molecule has 1 rings (SSSR count). The van der Waals surface area contributed by atoms with Gasteiger partial charge in [-0.05, 0) is 12.8 Å². The maximum Gasteiger partial charge on any atom is 0.315 e. The summed E-state index contributed by atoms with van der Waals surface area (Å²) in [5.74, 6) is 0. The van der Waals surface area contributed by atoms with Gasteiger partial charge in [0.2, 0.25) is 0 Å². The van der Waals surface area contributed by atoms with Crippen LogP contribution in [0.3, 0.4) is 0 Å². The Hall–Kier alpha value is -0.770. The standard InChI is InChI=1S/C9H19N3O/c10-6-7-11-9(13)12-8-4-2-1-3-5-8/h8H,1-7,10H2,(H2,11,12,13). The molecule has 0 spiro atoms. The fourth-order valence-electron chi connectivity index (χ4n) is 1.67. The molecule has 0 aromatic carbocycles. The van der Waals surface area contributed by atoms with Crippen molar-refractivity contribution in [1.82, 2.24) is 10.6 Å². The minimum atomic E-state index is -0.0719. The van der Waals surface area contributed by atoms with Crippen LogP contribution in [0.4, 0.5) is 4.79 Å². The van der Waals surface area contributed by atoms with Crippen LogP contribution in [0.25, 0.3) is 0 Å². The first-order valence-electron chi connectivity index (χ1n) is 5.07. The van der Waals surface area contributed by atoms with Crippen molar-refractivity contribution in [3.63, 3.8) is 0 Å². The number of nitrogens with one attached hydrogen (secondary N) is 2. The van der Waals surface area contributed by atoms with E-state index in [1.165, 1.54) is 19.3 Å². The summed E-state index contributed by atoms with van der Waals surface area (Å²) in [6, 6.07) is 0.309. The quantitative estimate of drug-likeness (QED) is 0.602.